The van der Waals surface area contributed by atoms with Gasteiger partial charge in [0.15, 0.2) is 5.13 Å². The maximum Gasteiger partial charge on any atom is 0.335 e. The van der Waals surface area contributed by atoms with Crippen molar-refractivity contribution in [2.24, 2.45) is 11.5 Å². The number of unbranched alkanes of at least 4 members (excludes halogenated alkanes) is 1. The summed E-state index contributed by atoms with van der Waals surface area (Å²) in [5, 5.41) is 20.4. The Hall–Kier alpha value is -4.25. The largest absolute Gasteiger partial charge is 0.489 e. The zero-order chi connectivity index (χ0) is 33.6. The van der Waals surface area contributed by atoms with Crippen LogP contribution in [-0.4, -0.2) is 46.8 Å². The second kappa shape index (κ2) is 18.2. The second-order valence-corrected chi connectivity index (χ2v) is 12.8. The molecule has 3 aromatic carbocycles. The number of carboxylic acid groups (broad SMARTS) is 2. The molecule has 0 radical (unpaired) electrons. The van der Waals surface area contributed by atoms with Crippen LogP contribution < -0.4 is 21.1 Å². The molecule has 47 heavy (non-hydrogen) atoms. The number of rotatable bonds is 14. The highest BCUT2D eigenvalue weighted by atomic mass is 32.1. The number of carboxylic acids is 2. The quantitative estimate of drug-likeness (QED) is 0.102. The lowest BCUT2D eigenvalue weighted by molar-refractivity contribution is -0.138. The van der Waals surface area contributed by atoms with Crippen LogP contribution in [0, 0.1) is 0 Å². The van der Waals surface area contributed by atoms with E-state index in [1.165, 1.54) is 43.2 Å². The van der Waals surface area contributed by atoms with E-state index in [0.717, 1.165) is 46.5 Å². The lowest BCUT2D eigenvalue weighted by Crippen LogP contribution is -2.29. The number of aliphatic carboxylic acids is 1. The summed E-state index contributed by atoms with van der Waals surface area (Å²) in [4.78, 5) is 28.1. The number of nitrogens with two attached hydrogens (primary N) is 2. The zero-order valence-corrected chi connectivity index (χ0v) is 27.8. The lowest BCUT2D eigenvalue weighted by Gasteiger charge is -2.22. The van der Waals surface area contributed by atoms with Crippen molar-refractivity contribution in [3.63, 3.8) is 0 Å². The van der Waals surface area contributed by atoms with Gasteiger partial charge in [-0.1, -0.05) is 62.1 Å². The third-order valence-electron chi connectivity index (χ3n) is 8.34. The van der Waals surface area contributed by atoms with Gasteiger partial charge in [0.05, 0.1) is 11.3 Å². The Morgan fingerprint density at radius 2 is 1.60 bits per heavy atom. The molecule has 4 aromatic rings. The minimum atomic E-state index is -0.933. The number of nitrogens with zero attached hydrogens (tertiary/aromatic N) is 2. The second-order valence-electron chi connectivity index (χ2n) is 12.0. The van der Waals surface area contributed by atoms with Crippen molar-refractivity contribution in [3.05, 3.63) is 100 Å². The number of carbonyl (C=O) groups is 2. The molecule has 10 heteroatoms. The summed E-state index contributed by atoms with van der Waals surface area (Å²) in [6.07, 6.45) is 8.90. The first kappa shape index (κ1) is 35.6. The summed E-state index contributed by atoms with van der Waals surface area (Å²) >= 11 is 1.59. The maximum atomic E-state index is 11.1. The van der Waals surface area contributed by atoms with Crippen molar-refractivity contribution >= 4 is 28.4 Å². The van der Waals surface area contributed by atoms with E-state index in [9.17, 15) is 9.59 Å². The van der Waals surface area contributed by atoms with Gasteiger partial charge in [0.1, 0.15) is 18.4 Å². The molecule has 0 spiro atoms. The maximum absolute atomic E-state index is 11.1. The molecule has 1 aliphatic carbocycles. The number of ether oxygens (including phenoxy) is 1. The third kappa shape index (κ3) is 11.2. The van der Waals surface area contributed by atoms with Gasteiger partial charge < -0.3 is 31.3 Å². The van der Waals surface area contributed by atoms with Crippen LogP contribution in [-0.2, 0) is 17.9 Å². The van der Waals surface area contributed by atoms with E-state index in [4.69, 9.17) is 31.4 Å². The van der Waals surface area contributed by atoms with Crippen molar-refractivity contribution in [2.75, 3.05) is 18.5 Å². The summed E-state index contributed by atoms with van der Waals surface area (Å²) < 4.78 is 6.04. The summed E-state index contributed by atoms with van der Waals surface area (Å²) in [6, 6.07) is 23.3. The van der Waals surface area contributed by atoms with Crippen LogP contribution in [0.25, 0.3) is 11.3 Å². The first-order valence-electron chi connectivity index (χ1n) is 16.2. The van der Waals surface area contributed by atoms with Crippen LogP contribution in [0.4, 0.5) is 5.13 Å². The predicted molar refractivity (Wildman–Crippen MR) is 188 cm³/mol. The van der Waals surface area contributed by atoms with Crippen molar-refractivity contribution in [1.82, 2.24) is 4.98 Å². The number of hydrogen-bond donors (Lipinski definition) is 4. The number of aromatic nitrogens is 1. The molecule has 1 atom stereocenters. The monoisotopic (exact) mass is 658 g/mol. The van der Waals surface area contributed by atoms with E-state index in [1.807, 2.05) is 43.4 Å². The van der Waals surface area contributed by atoms with Gasteiger partial charge in [-0.25, -0.2) is 9.78 Å². The Morgan fingerprint density at radius 3 is 2.21 bits per heavy atom. The van der Waals surface area contributed by atoms with Gasteiger partial charge in [0.25, 0.3) is 0 Å². The van der Waals surface area contributed by atoms with Crippen LogP contribution in [0.1, 0.15) is 84.3 Å². The molecule has 0 aliphatic heterocycles. The standard InChI is InChI=1S/C31H32N2O3S.C6H14N2O2/c1-33(19-22-7-13-27(14-8-22)30(34)35)31-32-29(21-37-31)26-15-17-28(18-16-26)36-20-23-9-11-25(12-10-23)24-5-3-2-4-6-24;7-4-2-1-3-5(8)6(9)10/h7-18,21,24H,2-6,19-20H2,1H3,(H,34,35);5H,1-4,7-8H2,(H,9,10). The molecule has 1 aromatic heterocycles. The summed E-state index contributed by atoms with van der Waals surface area (Å²) in [7, 11) is 1.99. The van der Waals surface area contributed by atoms with Crippen LogP contribution in [0.2, 0.25) is 0 Å². The first-order valence-corrected chi connectivity index (χ1v) is 17.1. The Morgan fingerprint density at radius 1 is 0.936 bits per heavy atom. The molecule has 0 saturated heterocycles. The number of hydrogen-bond acceptors (Lipinski definition) is 8. The van der Waals surface area contributed by atoms with Crippen LogP contribution in [0.15, 0.2) is 78.2 Å². The Labute approximate surface area is 281 Å². The summed E-state index contributed by atoms with van der Waals surface area (Å²) in [5.74, 6) is -0.272. The van der Waals surface area contributed by atoms with Crippen LogP contribution >= 0.6 is 11.3 Å². The molecule has 1 saturated carbocycles. The third-order valence-corrected chi connectivity index (χ3v) is 9.29. The normalized spacial score (nSPS) is 13.7. The van der Waals surface area contributed by atoms with E-state index in [1.54, 1.807) is 23.5 Å². The molecule has 9 nitrogen and oxygen atoms in total. The van der Waals surface area contributed by atoms with Crippen LogP contribution in [0.5, 0.6) is 5.75 Å². The van der Waals surface area contributed by atoms with Crippen molar-refractivity contribution < 1.29 is 24.5 Å². The van der Waals surface area contributed by atoms with Gasteiger partial charge in [-0.2, -0.15) is 0 Å². The fourth-order valence-electron chi connectivity index (χ4n) is 5.51. The predicted octanol–water partition coefficient (Wildman–Crippen LogP) is 7.30. The van der Waals surface area contributed by atoms with E-state index in [2.05, 4.69) is 34.5 Å². The highest BCUT2D eigenvalue weighted by molar-refractivity contribution is 7.14. The van der Waals surface area contributed by atoms with Crippen molar-refractivity contribution in [3.8, 4) is 17.0 Å². The molecule has 250 valence electrons. The highest BCUT2D eigenvalue weighted by Gasteiger charge is 2.15. The lowest BCUT2D eigenvalue weighted by atomic mass is 9.84. The molecule has 1 fully saturated rings. The van der Waals surface area contributed by atoms with Crippen molar-refractivity contribution in [2.45, 2.75) is 76.5 Å². The highest BCUT2D eigenvalue weighted by Crippen LogP contribution is 2.33. The van der Waals surface area contributed by atoms with Gasteiger partial charge in [0, 0.05) is 24.5 Å². The topological polar surface area (TPSA) is 152 Å². The average molecular weight is 659 g/mol. The Balaban J connectivity index is 0.000000434. The fourth-order valence-corrected chi connectivity index (χ4v) is 6.31. The molecule has 1 aliphatic rings. The molecule has 0 amide bonds. The summed E-state index contributed by atoms with van der Waals surface area (Å²) in [5.41, 5.74) is 16.4. The van der Waals surface area contributed by atoms with Crippen molar-refractivity contribution in [1.29, 1.82) is 0 Å². The smallest absolute Gasteiger partial charge is 0.335 e. The first-order chi connectivity index (χ1) is 22.7. The molecule has 1 heterocycles. The van der Waals surface area contributed by atoms with Gasteiger partial charge in [0.2, 0.25) is 0 Å². The SMILES string of the molecule is CN(Cc1ccc(C(=O)O)cc1)c1nc(-c2ccc(OCc3ccc(C4CCCCC4)cc3)cc2)cs1.NCCCCC(N)C(=O)O. The zero-order valence-electron chi connectivity index (χ0n) is 27.0. The minimum absolute atomic E-state index is 0.294. The molecule has 5 rings (SSSR count). The van der Waals surface area contributed by atoms with Crippen LogP contribution in [0.3, 0.4) is 0 Å². The fraction of sp³-hybridized carbons (Fsp3) is 0.378. The summed E-state index contributed by atoms with van der Waals surface area (Å²) in [6.45, 7) is 1.82. The van der Waals surface area contributed by atoms with Gasteiger partial charge in [-0.05, 0) is 91.2 Å². The van der Waals surface area contributed by atoms with Gasteiger partial charge in [-0.15, -0.1) is 11.3 Å². The number of benzene rings is 3. The number of aromatic carboxylic acids is 1. The van der Waals surface area contributed by atoms with Gasteiger partial charge >= 0.3 is 11.9 Å². The van der Waals surface area contributed by atoms with Gasteiger partial charge in [-0.3, -0.25) is 4.79 Å². The average Bonchev–Trinajstić information content (AvgIpc) is 3.60. The van der Waals surface area contributed by atoms with E-state index >= 15 is 0 Å². The molecule has 1 unspecified atom stereocenters. The van der Waals surface area contributed by atoms with E-state index < -0.39 is 18.0 Å². The molecule has 6 N–H and O–H groups in total. The molecular formula is C37H46N4O5S. The van der Waals surface area contributed by atoms with E-state index in [-0.39, 0.29) is 0 Å². The molecule has 0 bridgehead atoms. The number of thiazole rings is 1. The Bertz CT molecular complexity index is 1530. The minimum Gasteiger partial charge on any atom is -0.489 e. The Kier molecular flexibility index (Phi) is 13.8. The molecular weight excluding hydrogens is 612 g/mol. The number of anilines is 1. The van der Waals surface area contributed by atoms with E-state index in [0.29, 0.717) is 31.7 Å².